The number of thioether (sulfide) groups is 1. The Bertz CT molecular complexity index is 169. The summed E-state index contributed by atoms with van der Waals surface area (Å²) < 4.78 is 0. The van der Waals surface area contributed by atoms with E-state index in [0.29, 0.717) is 6.04 Å². The Balaban J connectivity index is 2.07. The van der Waals surface area contributed by atoms with Gasteiger partial charge in [-0.05, 0) is 25.0 Å². The van der Waals surface area contributed by atoms with Crippen molar-refractivity contribution < 1.29 is 5.11 Å². The van der Waals surface area contributed by atoms with E-state index in [4.69, 9.17) is 0 Å². The lowest BCUT2D eigenvalue weighted by molar-refractivity contribution is 0.232. The molecule has 1 unspecified atom stereocenters. The van der Waals surface area contributed by atoms with E-state index in [9.17, 15) is 5.11 Å². The molecule has 0 aromatic rings. The lowest BCUT2D eigenvalue weighted by atomic mass is 10.0. The summed E-state index contributed by atoms with van der Waals surface area (Å²) in [5.74, 6) is 1.19. The van der Waals surface area contributed by atoms with Crippen LogP contribution >= 0.6 is 11.8 Å². The summed E-state index contributed by atoms with van der Waals surface area (Å²) in [5.41, 5.74) is 0. The molecule has 16 heavy (non-hydrogen) atoms. The maximum Gasteiger partial charge on any atom is 0.0585 e. The molecule has 1 saturated carbocycles. The number of hydrogen-bond acceptors (Lipinski definition) is 3. The van der Waals surface area contributed by atoms with Crippen LogP contribution in [0.4, 0.5) is 0 Å². The molecular weight excluding hydrogens is 218 g/mol. The highest BCUT2D eigenvalue weighted by atomic mass is 32.2. The molecule has 1 atom stereocenters. The maximum atomic E-state index is 9.24. The van der Waals surface area contributed by atoms with E-state index in [0.717, 1.165) is 11.7 Å². The summed E-state index contributed by atoms with van der Waals surface area (Å²) in [6, 6.07) is 0.757. The standard InChI is InChI=1S/C13H27NOS/c1-11(2)14-12(10-15)8-9-16-13-6-4-3-5-7-13/h11-15H,3-10H2,1-2H3. The Morgan fingerprint density at radius 1 is 1.25 bits per heavy atom. The molecule has 0 saturated heterocycles. The van der Waals surface area contributed by atoms with Gasteiger partial charge in [-0.2, -0.15) is 11.8 Å². The van der Waals surface area contributed by atoms with Crippen LogP contribution in [0.15, 0.2) is 0 Å². The molecule has 0 spiro atoms. The fourth-order valence-electron chi connectivity index (χ4n) is 2.31. The van der Waals surface area contributed by atoms with Crippen LogP contribution in [0.2, 0.25) is 0 Å². The second-order valence-electron chi connectivity index (χ2n) is 5.12. The average molecular weight is 245 g/mol. The number of aliphatic hydroxyl groups is 1. The van der Waals surface area contributed by atoms with Gasteiger partial charge in [-0.3, -0.25) is 0 Å². The van der Waals surface area contributed by atoms with Gasteiger partial charge in [0.15, 0.2) is 0 Å². The fraction of sp³-hybridized carbons (Fsp3) is 1.00. The molecule has 2 N–H and O–H groups in total. The summed E-state index contributed by atoms with van der Waals surface area (Å²) in [4.78, 5) is 0. The van der Waals surface area contributed by atoms with E-state index in [-0.39, 0.29) is 12.6 Å². The van der Waals surface area contributed by atoms with Crippen molar-refractivity contribution in [3.63, 3.8) is 0 Å². The van der Waals surface area contributed by atoms with E-state index in [1.165, 1.54) is 37.9 Å². The molecule has 0 bridgehead atoms. The van der Waals surface area contributed by atoms with Crippen LogP contribution in [-0.4, -0.2) is 34.8 Å². The van der Waals surface area contributed by atoms with Gasteiger partial charge in [0.05, 0.1) is 6.61 Å². The first-order chi connectivity index (χ1) is 7.72. The topological polar surface area (TPSA) is 32.3 Å². The first kappa shape index (κ1) is 14.3. The lowest BCUT2D eigenvalue weighted by Crippen LogP contribution is -2.37. The van der Waals surface area contributed by atoms with Crippen LogP contribution in [0.1, 0.15) is 52.4 Å². The zero-order valence-corrected chi connectivity index (χ0v) is 11.6. The van der Waals surface area contributed by atoms with Gasteiger partial charge in [0.2, 0.25) is 0 Å². The molecule has 0 heterocycles. The smallest absolute Gasteiger partial charge is 0.0585 e. The normalized spacial score (nSPS) is 20.2. The minimum absolute atomic E-state index is 0.267. The van der Waals surface area contributed by atoms with Crippen LogP contribution in [0.3, 0.4) is 0 Å². The van der Waals surface area contributed by atoms with Gasteiger partial charge in [-0.25, -0.2) is 0 Å². The summed E-state index contributed by atoms with van der Waals surface area (Å²) >= 11 is 2.12. The minimum atomic E-state index is 0.267. The Labute approximate surface area is 105 Å². The number of aliphatic hydroxyl groups excluding tert-OH is 1. The Hall–Kier alpha value is 0.270. The van der Waals surface area contributed by atoms with E-state index < -0.39 is 0 Å². The molecule has 0 aliphatic heterocycles. The van der Waals surface area contributed by atoms with Crippen LogP contribution in [0, 0.1) is 0 Å². The van der Waals surface area contributed by atoms with Gasteiger partial charge in [0, 0.05) is 17.3 Å². The van der Waals surface area contributed by atoms with E-state index in [2.05, 4.69) is 30.9 Å². The van der Waals surface area contributed by atoms with Crippen LogP contribution in [0.5, 0.6) is 0 Å². The van der Waals surface area contributed by atoms with Crippen molar-refractivity contribution in [2.45, 2.75) is 69.7 Å². The third-order valence-electron chi connectivity index (χ3n) is 3.16. The SMILES string of the molecule is CC(C)NC(CO)CCSC1CCCCC1. The zero-order valence-electron chi connectivity index (χ0n) is 10.7. The molecule has 1 fully saturated rings. The Morgan fingerprint density at radius 3 is 2.50 bits per heavy atom. The number of rotatable bonds is 7. The van der Waals surface area contributed by atoms with Crippen molar-refractivity contribution in [2.75, 3.05) is 12.4 Å². The van der Waals surface area contributed by atoms with Gasteiger partial charge in [-0.15, -0.1) is 0 Å². The van der Waals surface area contributed by atoms with E-state index in [1.54, 1.807) is 0 Å². The van der Waals surface area contributed by atoms with Gasteiger partial charge in [0.1, 0.15) is 0 Å². The third-order valence-corrected chi connectivity index (χ3v) is 4.58. The Morgan fingerprint density at radius 2 is 1.94 bits per heavy atom. The van der Waals surface area contributed by atoms with Crippen molar-refractivity contribution in [3.05, 3.63) is 0 Å². The number of nitrogens with one attached hydrogen (secondary N) is 1. The maximum absolute atomic E-state index is 9.24. The molecule has 3 heteroatoms. The second-order valence-corrected chi connectivity index (χ2v) is 6.53. The van der Waals surface area contributed by atoms with Crippen molar-refractivity contribution in [2.24, 2.45) is 0 Å². The minimum Gasteiger partial charge on any atom is -0.395 e. The van der Waals surface area contributed by atoms with Gasteiger partial charge in [-0.1, -0.05) is 33.1 Å². The molecule has 1 aliphatic rings. The molecule has 0 aromatic carbocycles. The first-order valence-corrected chi connectivity index (χ1v) is 7.75. The van der Waals surface area contributed by atoms with Crippen LogP contribution in [0.25, 0.3) is 0 Å². The molecular formula is C13H27NOS. The second kappa shape index (κ2) is 8.37. The molecule has 0 radical (unpaired) electrons. The molecule has 0 aromatic heterocycles. The highest BCUT2D eigenvalue weighted by Crippen LogP contribution is 2.28. The third kappa shape index (κ3) is 6.12. The summed E-state index contributed by atoms with van der Waals surface area (Å²) in [6.07, 6.45) is 8.19. The quantitative estimate of drug-likeness (QED) is 0.723. The summed E-state index contributed by atoms with van der Waals surface area (Å²) in [6.45, 7) is 4.54. The Kier molecular flexibility index (Phi) is 7.50. The van der Waals surface area contributed by atoms with Crippen molar-refractivity contribution in [1.82, 2.24) is 5.32 Å². The van der Waals surface area contributed by atoms with Crippen LogP contribution < -0.4 is 5.32 Å². The predicted octanol–water partition coefficient (Wildman–Crippen LogP) is 2.80. The fourth-order valence-corrected chi connectivity index (χ4v) is 3.73. The van der Waals surface area contributed by atoms with Gasteiger partial charge in [0.25, 0.3) is 0 Å². The average Bonchev–Trinajstić information content (AvgIpc) is 2.28. The molecule has 1 rings (SSSR count). The van der Waals surface area contributed by atoms with Crippen molar-refractivity contribution in [1.29, 1.82) is 0 Å². The predicted molar refractivity (Wildman–Crippen MR) is 73.1 cm³/mol. The van der Waals surface area contributed by atoms with E-state index in [1.807, 2.05) is 0 Å². The molecule has 96 valence electrons. The van der Waals surface area contributed by atoms with Crippen molar-refractivity contribution >= 4 is 11.8 Å². The van der Waals surface area contributed by atoms with Gasteiger partial charge >= 0.3 is 0 Å². The summed E-state index contributed by atoms with van der Waals surface area (Å²) in [7, 11) is 0. The summed E-state index contributed by atoms with van der Waals surface area (Å²) in [5, 5.41) is 13.5. The largest absolute Gasteiger partial charge is 0.395 e. The monoisotopic (exact) mass is 245 g/mol. The molecule has 2 nitrogen and oxygen atoms in total. The van der Waals surface area contributed by atoms with E-state index >= 15 is 0 Å². The van der Waals surface area contributed by atoms with Crippen LogP contribution in [-0.2, 0) is 0 Å². The molecule has 0 amide bonds. The highest BCUT2D eigenvalue weighted by Gasteiger charge is 2.14. The zero-order chi connectivity index (χ0) is 11.8. The van der Waals surface area contributed by atoms with Crippen molar-refractivity contribution in [3.8, 4) is 0 Å². The highest BCUT2D eigenvalue weighted by molar-refractivity contribution is 7.99. The number of hydrogen-bond donors (Lipinski definition) is 2. The van der Waals surface area contributed by atoms with Gasteiger partial charge < -0.3 is 10.4 Å². The first-order valence-electron chi connectivity index (χ1n) is 6.71. The lowest BCUT2D eigenvalue weighted by Gasteiger charge is -2.23. The molecule has 1 aliphatic carbocycles.